The SMILES string of the molecule is C=C1N(C)C=CC=CC1(C)C. The highest BCUT2D eigenvalue weighted by molar-refractivity contribution is 5.23. The van der Waals surface area contributed by atoms with Crippen LogP contribution in [0.15, 0.2) is 36.7 Å². The number of hydrogen-bond donors (Lipinski definition) is 0. The van der Waals surface area contributed by atoms with Gasteiger partial charge < -0.3 is 4.90 Å². The van der Waals surface area contributed by atoms with E-state index >= 15 is 0 Å². The van der Waals surface area contributed by atoms with Gasteiger partial charge in [0.25, 0.3) is 0 Å². The highest BCUT2D eigenvalue weighted by Gasteiger charge is 2.21. The molecule has 0 aromatic heterocycles. The van der Waals surface area contributed by atoms with Crippen LogP contribution < -0.4 is 0 Å². The molecule has 1 heterocycles. The molecule has 0 bridgehead atoms. The van der Waals surface area contributed by atoms with Gasteiger partial charge in [-0.05, 0) is 6.08 Å². The quantitative estimate of drug-likeness (QED) is 0.511. The van der Waals surface area contributed by atoms with Gasteiger partial charge in [0.2, 0.25) is 0 Å². The molecule has 1 nitrogen and oxygen atoms in total. The van der Waals surface area contributed by atoms with Gasteiger partial charge in [-0.15, -0.1) is 0 Å². The highest BCUT2D eigenvalue weighted by atomic mass is 15.1. The molecular weight excluding hydrogens is 134 g/mol. The number of hydrogen-bond acceptors (Lipinski definition) is 1. The van der Waals surface area contributed by atoms with Crippen LogP contribution in [0.25, 0.3) is 0 Å². The van der Waals surface area contributed by atoms with Crippen molar-refractivity contribution < 1.29 is 0 Å². The summed E-state index contributed by atoms with van der Waals surface area (Å²) in [6.07, 6.45) is 8.28. The van der Waals surface area contributed by atoms with Crippen LogP contribution in [0.3, 0.4) is 0 Å². The van der Waals surface area contributed by atoms with Gasteiger partial charge in [0.1, 0.15) is 0 Å². The third-order valence-corrected chi connectivity index (χ3v) is 2.10. The first-order valence-electron chi connectivity index (χ1n) is 3.82. The summed E-state index contributed by atoms with van der Waals surface area (Å²) < 4.78 is 0. The zero-order valence-corrected chi connectivity index (χ0v) is 7.46. The van der Waals surface area contributed by atoms with Crippen molar-refractivity contribution in [3.8, 4) is 0 Å². The van der Waals surface area contributed by atoms with E-state index in [2.05, 4.69) is 37.5 Å². The molecule has 1 heteroatoms. The molecule has 0 fully saturated rings. The summed E-state index contributed by atoms with van der Waals surface area (Å²) in [5.74, 6) is 0. The van der Waals surface area contributed by atoms with Gasteiger partial charge in [-0.3, -0.25) is 0 Å². The van der Waals surface area contributed by atoms with Gasteiger partial charge >= 0.3 is 0 Å². The van der Waals surface area contributed by atoms with Crippen LogP contribution in [0.1, 0.15) is 13.8 Å². The average molecular weight is 149 g/mol. The molecule has 0 atom stereocenters. The van der Waals surface area contributed by atoms with E-state index in [0.717, 1.165) is 5.70 Å². The highest BCUT2D eigenvalue weighted by Crippen LogP contribution is 2.30. The largest absolute Gasteiger partial charge is 0.354 e. The topological polar surface area (TPSA) is 3.24 Å². The fourth-order valence-electron chi connectivity index (χ4n) is 1.12. The van der Waals surface area contributed by atoms with Gasteiger partial charge in [-0.1, -0.05) is 32.6 Å². The van der Waals surface area contributed by atoms with Crippen molar-refractivity contribution in [2.45, 2.75) is 13.8 Å². The van der Waals surface area contributed by atoms with E-state index in [1.807, 2.05) is 19.3 Å². The van der Waals surface area contributed by atoms with Gasteiger partial charge in [-0.2, -0.15) is 0 Å². The molecule has 0 aromatic rings. The third kappa shape index (κ3) is 1.53. The molecular formula is C10H15N. The number of rotatable bonds is 0. The van der Waals surface area contributed by atoms with E-state index in [0.29, 0.717) is 0 Å². The Hall–Kier alpha value is -0.980. The molecule has 0 spiro atoms. The van der Waals surface area contributed by atoms with Crippen molar-refractivity contribution in [3.63, 3.8) is 0 Å². The lowest BCUT2D eigenvalue weighted by atomic mass is 9.89. The number of allylic oxidation sites excluding steroid dienone is 3. The van der Waals surface area contributed by atoms with Crippen LogP contribution in [-0.2, 0) is 0 Å². The fourth-order valence-corrected chi connectivity index (χ4v) is 1.12. The fraction of sp³-hybridized carbons (Fsp3) is 0.400. The van der Waals surface area contributed by atoms with Crippen LogP contribution in [0.2, 0.25) is 0 Å². The Morgan fingerprint density at radius 1 is 1.36 bits per heavy atom. The van der Waals surface area contributed by atoms with Crippen LogP contribution in [-0.4, -0.2) is 11.9 Å². The second kappa shape index (κ2) is 2.57. The van der Waals surface area contributed by atoms with Crippen molar-refractivity contribution >= 4 is 0 Å². The monoisotopic (exact) mass is 149 g/mol. The summed E-state index contributed by atoms with van der Waals surface area (Å²) in [5.41, 5.74) is 1.21. The van der Waals surface area contributed by atoms with E-state index in [1.165, 1.54) is 0 Å². The molecule has 0 radical (unpaired) electrons. The summed E-state index contributed by atoms with van der Waals surface area (Å²) in [5, 5.41) is 0. The average Bonchev–Trinajstić information content (AvgIpc) is 2.03. The first-order valence-corrected chi connectivity index (χ1v) is 3.82. The third-order valence-electron chi connectivity index (χ3n) is 2.10. The lowest BCUT2D eigenvalue weighted by Crippen LogP contribution is -2.21. The van der Waals surface area contributed by atoms with Gasteiger partial charge in [0, 0.05) is 24.4 Å². The van der Waals surface area contributed by atoms with Crippen LogP contribution in [0.4, 0.5) is 0 Å². The maximum absolute atomic E-state index is 4.03. The summed E-state index contributed by atoms with van der Waals surface area (Å²) in [6.45, 7) is 8.36. The molecule has 0 saturated carbocycles. The minimum absolute atomic E-state index is 0.0816. The van der Waals surface area contributed by atoms with E-state index in [9.17, 15) is 0 Å². The minimum Gasteiger partial charge on any atom is -0.354 e. The van der Waals surface area contributed by atoms with Crippen molar-refractivity contribution in [1.29, 1.82) is 0 Å². The van der Waals surface area contributed by atoms with E-state index in [4.69, 9.17) is 0 Å². The van der Waals surface area contributed by atoms with Crippen molar-refractivity contribution in [2.24, 2.45) is 5.41 Å². The minimum atomic E-state index is 0.0816. The van der Waals surface area contributed by atoms with E-state index < -0.39 is 0 Å². The predicted octanol–water partition coefficient (Wildman–Crippen LogP) is 2.54. The summed E-state index contributed by atoms with van der Waals surface area (Å²) >= 11 is 0. The molecule has 0 N–H and O–H groups in total. The van der Waals surface area contributed by atoms with Crippen LogP contribution >= 0.6 is 0 Å². The zero-order chi connectivity index (χ0) is 8.48. The second-order valence-corrected chi connectivity index (χ2v) is 3.48. The summed E-state index contributed by atoms with van der Waals surface area (Å²) in [7, 11) is 2.02. The Morgan fingerprint density at radius 3 is 2.64 bits per heavy atom. The van der Waals surface area contributed by atoms with E-state index in [1.54, 1.807) is 0 Å². The first-order chi connectivity index (χ1) is 5.04. The van der Waals surface area contributed by atoms with E-state index in [-0.39, 0.29) is 5.41 Å². The first kappa shape index (κ1) is 8.12. The molecule has 0 saturated heterocycles. The molecule has 60 valence electrons. The molecule has 0 aromatic carbocycles. The Balaban J connectivity index is 2.96. The molecule has 0 unspecified atom stereocenters. The second-order valence-electron chi connectivity index (χ2n) is 3.48. The Labute approximate surface area is 68.7 Å². The Bertz CT molecular complexity index is 221. The maximum Gasteiger partial charge on any atom is 0.0225 e. The standard InChI is InChI=1S/C10H15N/c1-9-10(2,3)7-5-6-8-11(9)4/h5-8H,1H2,2-4H3. The summed E-state index contributed by atoms with van der Waals surface area (Å²) in [4.78, 5) is 2.06. The van der Waals surface area contributed by atoms with Crippen molar-refractivity contribution in [3.05, 3.63) is 36.7 Å². The normalized spacial score (nSPS) is 22.1. The molecule has 11 heavy (non-hydrogen) atoms. The molecule has 1 aliphatic heterocycles. The molecule has 0 amide bonds. The van der Waals surface area contributed by atoms with Crippen LogP contribution in [0, 0.1) is 5.41 Å². The lowest BCUT2D eigenvalue weighted by Gasteiger charge is -2.28. The smallest absolute Gasteiger partial charge is 0.0225 e. The van der Waals surface area contributed by atoms with Crippen molar-refractivity contribution in [1.82, 2.24) is 4.90 Å². The van der Waals surface area contributed by atoms with Crippen molar-refractivity contribution in [2.75, 3.05) is 7.05 Å². The predicted molar refractivity (Wildman–Crippen MR) is 49.0 cm³/mol. The lowest BCUT2D eigenvalue weighted by molar-refractivity contribution is 0.422. The molecule has 1 aliphatic rings. The number of nitrogens with zero attached hydrogens (tertiary/aromatic N) is 1. The van der Waals surface area contributed by atoms with Gasteiger partial charge in [0.15, 0.2) is 0 Å². The zero-order valence-electron chi connectivity index (χ0n) is 7.46. The molecule has 1 rings (SSSR count). The molecule has 0 aliphatic carbocycles. The Morgan fingerprint density at radius 2 is 2.00 bits per heavy atom. The Kier molecular flexibility index (Phi) is 1.90. The van der Waals surface area contributed by atoms with Gasteiger partial charge in [0.05, 0.1) is 0 Å². The maximum atomic E-state index is 4.03. The van der Waals surface area contributed by atoms with Crippen LogP contribution in [0.5, 0.6) is 0 Å². The summed E-state index contributed by atoms with van der Waals surface area (Å²) in [6, 6.07) is 0. The van der Waals surface area contributed by atoms with Gasteiger partial charge in [-0.25, -0.2) is 0 Å².